The highest BCUT2D eigenvalue weighted by molar-refractivity contribution is 6.03. The molecule has 15 nitrogen and oxygen atoms in total. The van der Waals surface area contributed by atoms with Gasteiger partial charge in [-0.05, 0) is 48.0 Å². The van der Waals surface area contributed by atoms with E-state index in [0.717, 1.165) is 0 Å². The predicted molar refractivity (Wildman–Crippen MR) is 206 cm³/mol. The van der Waals surface area contributed by atoms with Gasteiger partial charge in [-0.3, -0.25) is 4.79 Å². The minimum Gasteiger partial charge on any atom is -0.508 e. The van der Waals surface area contributed by atoms with Crippen molar-refractivity contribution in [1.82, 2.24) is 15.0 Å². The average molecular weight is 800 g/mol. The number of hydrogen-bond acceptors (Lipinski definition) is 14. The number of fused-ring (bicyclic) bond motifs is 7. The Morgan fingerprint density at radius 1 is 0.780 bits per heavy atom. The number of Topliss-reactive ketones (excluding diaryl/α,β-unsaturated/α-hetero) is 1. The fraction of sp³-hybridized carbons (Fsp3) is 0.227. The van der Waals surface area contributed by atoms with Crippen LogP contribution in [-0.4, -0.2) is 73.6 Å². The summed E-state index contributed by atoms with van der Waals surface area (Å²) in [6.45, 7) is 1.58. The van der Waals surface area contributed by atoms with Gasteiger partial charge in [-0.15, -0.1) is 5.10 Å². The maximum Gasteiger partial charge on any atom is 0.340 e. The second kappa shape index (κ2) is 15.3. The highest BCUT2D eigenvalue weighted by Gasteiger charge is 2.53. The quantitative estimate of drug-likeness (QED) is 0.0757. The Morgan fingerprint density at radius 3 is 2.36 bits per heavy atom. The predicted octanol–water partition coefficient (Wildman–Crippen LogP) is 6.23. The molecule has 59 heavy (non-hydrogen) atoms. The zero-order chi connectivity index (χ0) is 40.7. The van der Waals surface area contributed by atoms with Crippen molar-refractivity contribution in [2.24, 2.45) is 0 Å². The van der Waals surface area contributed by atoms with E-state index in [1.54, 1.807) is 53.3 Å². The molecule has 4 N–H and O–H groups in total. The lowest BCUT2D eigenvalue weighted by molar-refractivity contribution is 0.0224. The molecule has 0 bridgehead atoms. The van der Waals surface area contributed by atoms with E-state index in [0.29, 0.717) is 63.9 Å². The van der Waals surface area contributed by atoms with E-state index < -0.39 is 17.7 Å². The molecule has 5 aromatic carbocycles. The molecule has 300 valence electrons. The van der Waals surface area contributed by atoms with E-state index in [1.807, 2.05) is 18.2 Å². The maximum absolute atomic E-state index is 13.0. The van der Waals surface area contributed by atoms with Crippen LogP contribution in [0.15, 0.2) is 97.2 Å². The molecule has 3 aliphatic heterocycles. The van der Waals surface area contributed by atoms with Gasteiger partial charge in [0.25, 0.3) is 0 Å². The SMILES string of the molecule is O=C1OC2(c3ccc(O)cc3Oc3cc(OCc4cn(CCOCCOCCc5c(O)cc6c(c5O)C(=O)CC(c5ccc(O)cc5)O6)nn4)ccc32)c2ccccc21. The van der Waals surface area contributed by atoms with Crippen molar-refractivity contribution >= 4 is 11.8 Å². The Labute approximate surface area is 336 Å². The molecule has 0 amide bonds. The zero-order valence-corrected chi connectivity index (χ0v) is 31.4. The number of ether oxygens (including phenoxy) is 6. The van der Waals surface area contributed by atoms with Crippen LogP contribution in [0, 0.1) is 0 Å². The summed E-state index contributed by atoms with van der Waals surface area (Å²) in [5.74, 6) is 0.159. The lowest BCUT2D eigenvalue weighted by Crippen LogP contribution is -2.32. The Balaban J connectivity index is 0.740. The van der Waals surface area contributed by atoms with Crippen LogP contribution < -0.4 is 14.2 Å². The van der Waals surface area contributed by atoms with Gasteiger partial charge >= 0.3 is 5.97 Å². The molecule has 3 aliphatic rings. The number of rotatable bonds is 13. The molecule has 2 atom stereocenters. The summed E-state index contributed by atoms with van der Waals surface area (Å²) in [7, 11) is 0. The first-order valence-electron chi connectivity index (χ1n) is 18.9. The van der Waals surface area contributed by atoms with Crippen molar-refractivity contribution < 1.29 is 58.4 Å². The number of benzene rings is 5. The van der Waals surface area contributed by atoms with Crippen LogP contribution in [0.4, 0.5) is 0 Å². The maximum atomic E-state index is 13.0. The third-order valence-corrected chi connectivity index (χ3v) is 10.5. The molecule has 4 heterocycles. The largest absolute Gasteiger partial charge is 0.508 e. The van der Waals surface area contributed by atoms with Crippen molar-refractivity contribution in [2.45, 2.75) is 37.7 Å². The summed E-state index contributed by atoms with van der Waals surface area (Å²) < 4.78 is 37.3. The van der Waals surface area contributed by atoms with E-state index in [1.165, 1.54) is 30.3 Å². The van der Waals surface area contributed by atoms with Gasteiger partial charge in [0, 0.05) is 46.9 Å². The fourth-order valence-electron chi connectivity index (χ4n) is 7.68. The van der Waals surface area contributed by atoms with Crippen LogP contribution in [0.25, 0.3) is 0 Å². The summed E-state index contributed by atoms with van der Waals surface area (Å²) in [6.07, 6.45) is 1.30. The minimum atomic E-state index is -1.25. The standard InChI is InChI=1S/C44H37N3O12/c48-27-7-5-25(6-8-27)37-22-36(51)41-40(57-37)21-35(50)31(42(41)52)13-15-54-17-18-55-16-14-47-23-26(45-46-47)24-56-29-10-12-34-39(20-29)58-38-19-28(49)9-11-33(38)44(34)32-4-2-1-3-30(32)43(53)59-44/h1-12,19-21,23,37,48-50,52H,13-18,22,24H2. The van der Waals surface area contributed by atoms with Crippen molar-refractivity contribution in [3.8, 4) is 46.0 Å². The van der Waals surface area contributed by atoms with Crippen LogP contribution in [-0.2, 0) is 39.4 Å². The fourth-order valence-corrected chi connectivity index (χ4v) is 7.68. The minimum absolute atomic E-state index is 0.000986. The molecule has 0 aliphatic carbocycles. The summed E-state index contributed by atoms with van der Waals surface area (Å²) >= 11 is 0. The van der Waals surface area contributed by atoms with Gasteiger partial charge < -0.3 is 48.8 Å². The Hall–Kier alpha value is -7.10. The first-order valence-corrected chi connectivity index (χ1v) is 18.9. The number of carbonyl (C=O) groups excluding carboxylic acids is 2. The molecule has 2 unspecified atom stereocenters. The summed E-state index contributed by atoms with van der Waals surface area (Å²) in [4.78, 5) is 26.0. The van der Waals surface area contributed by atoms with E-state index in [-0.39, 0.29) is 84.9 Å². The van der Waals surface area contributed by atoms with E-state index >= 15 is 0 Å². The highest BCUT2D eigenvalue weighted by atomic mass is 16.6. The topological polar surface area (TPSA) is 201 Å². The lowest BCUT2D eigenvalue weighted by atomic mass is 9.77. The lowest BCUT2D eigenvalue weighted by Gasteiger charge is -2.36. The number of esters is 1. The molecule has 0 fully saturated rings. The number of aromatic nitrogens is 3. The molecule has 0 radical (unpaired) electrons. The molecule has 0 saturated heterocycles. The number of ketones is 1. The molecule has 6 aromatic rings. The van der Waals surface area contributed by atoms with Crippen molar-refractivity contribution in [2.75, 3.05) is 26.4 Å². The Bertz CT molecular complexity index is 2590. The van der Waals surface area contributed by atoms with Crippen molar-refractivity contribution in [1.29, 1.82) is 0 Å². The zero-order valence-electron chi connectivity index (χ0n) is 31.4. The monoisotopic (exact) mass is 799 g/mol. The first-order chi connectivity index (χ1) is 28.7. The number of phenolic OH excluding ortho intramolecular Hbond substituents is 4. The molecule has 1 spiro atoms. The Morgan fingerprint density at radius 2 is 1.53 bits per heavy atom. The van der Waals surface area contributed by atoms with Crippen LogP contribution in [0.1, 0.15) is 66.8 Å². The molecular weight excluding hydrogens is 762 g/mol. The third kappa shape index (κ3) is 7.00. The van der Waals surface area contributed by atoms with Crippen molar-refractivity contribution in [3.63, 3.8) is 0 Å². The summed E-state index contributed by atoms with van der Waals surface area (Å²) in [6, 6.07) is 24.9. The first kappa shape index (κ1) is 37.5. The van der Waals surface area contributed by atoms with E-state index in [2.05, 4.69) is 10.3 Å². The smallest absolute Gasteiger partial charge is 0.340 e. The van der Waals surface area contributed by atoms with Gasteiger partial charge in [-0.2, -0.15) is 0 Å². The molecule has 1 aromatic heterocycles. The molecule has 0 saturated carbocycles. The Kier molecular flexibility index (Phi) is 9.74. The number of carbonyl (C=O) groups is 2. The third-order valence-electron chi connectivity index (χ3n) is 10.5. The molecular formula is C44H37N3O12. The van der Waals surface area contributed by atoms with Crippen LogP contribution in [0.2, 0.25) is 0 Å². The second-order valence-electron chi connectivity index (χ2n) is 14.2. The second-order valence-corrected chi connectivity index (χ2v) is 14.2. The van der Waals surface area contributed by atoms with E-state index in [9.17, 15) is 30.0 Å². The van der Waals surface area contributed by atoms with Crippen LogP contribution >= 0.6 is 0 Å². The van der Waals surface area contributed by atoms with Gasteiger partial charge in [0.2, 0.25) is 0 Å². The normalized spacial score (nSPS) is 17.3. The summed E-state index contributed by atoms with van der Waals surface area (Å²) in [5, 5.41) is 49.7. The van der Waals surface area contributed by atoms with Gasteiger partial charge in [-0.1, -0.05) is 35.5 Å². The van der Waals surface area contributed by atoms with Crippen molar-refractivity contribution in [3.05, 3.63) is 142 Å². The molecule has 9 rings (SSSR count). The van der Waals surface area contributed by atoms with Crippen LogP contribution in [0.3, 0.4) is 0 Å². The number of nitrogens with zero attached hydrogens (tertiary/aromatic N) is 3. The number of aromatic hydroxyl groups is 4. The highest BCUT2D eigenvalue weighted by Crippen LogP contribution is 2.57. The van der Waals surface area contributed by atoms with Gasteiger partial charge in [0.15, 0.2) is 11.4 Å². The summed E-state index contributed by atoms with van der Waals surface area (Å²) in [5.41, 5.74) is 2.61. The van der Waals surface area contributed by atoms with Gasteiger partial charge in [0.05, 0.1) is 51.2 Å². The van der Waals surface area contributed by atoms with E-state index in [4.69, 9.17) is 28.4 Å². The average Bonchev–Trinajstić information content (AvgIpc) is 3.80. The van der Waals surface area contributed by atoms with Crippen LogP contribution in [0.5, 0.6) is 46.0 Å². The van der Waals surface area contributed by atoms with Gasteiger partial charge in [0.1, 0.15) is 70.0 Å². The number of hydrogen-bond donors (Lipinski definition) is 4. The molecule has 15 heteroatoms. The van der Waals surface area contributed by atoms with Gasteiger partial charge in [-0.25, -0.2) is 9.48 Å². The number of phenols is 4.